The summed E-state index contributed by atoms with van der Waals surface area (Å²) in [4.78, 5) is 4.90. The van der Waals surface area contributed by atoms with Crippen molar-refractivity contribution in [1.29, 1.82) is 0 Å². The van der Waals surface area contributed by atoms with Gasteiger partial charge in [-0.1, -0.05) is 164 Å². The van der Waals surface area contributed by atoms with E-state index in [0.29, 0.717) is 0 Å². The second-order valence-electron chi connectivity index (χ2n) is 16.1. The molecule has 10 aromatic carbocycles. The molecule has 0 aliphatic heterocycles. The molecule has 2 heteroatoms. The standard InChI is InChI=1S/C58H40N2/c1-39-16-13-23-43(36-39)60(57-31-15-20-41-18-6-8-25-47(41)57)45-33-35-51-50-34-32-44(59(42-21-3-2-4-22-42)56-30-14-19-40-17-5-7-24-46(40)56)37-54(50)58(55(51)38-45)52-28-11-9-26-48(52)49-27-10-12-29-53(49)58/h2-38H,1H3. The van der Waals surface area contributed by atoms with Crippen LogP contribution < -0.4 is 9.80 Å². The van der Waals surface area contributed by atoms with Gasteiger partial charge in [-0.05, 0) is 128 Å². The molecular weight excluding hydrogens is 725 g/mol. The van der Waals surface area contributed by atoms with Crippen LogP contribution in [0, 0.1) is 6.92 Å². The summed E-state index contributed by atoms with van der Waals surface area (Å²) >= 11 is 0. The Morgan fingerprint density at radius 3 is 1.28 bits per heavy atom. The van der Waals surface area contributed by atoms with Gasteiger partial charge >= 0.3 is 0 Å². The first-order valence-electron chi connectivity index (χ1n) is 20.8. The largest absolute Gasteiger partial charge is 0.310 e. The lowest BCUT2D eigenvalue weighted by Crippen LogP contribution is -2.26. The molecule has 0 amide bonds. The van der Waals surface area contributed by atoms with Gasteiger partial charge in [-0.25, -0.2) is 0 Å². The number of fused-ring (bicyclic) bond motifs is 12. The van der Waals surface area contributed by atoms with Crippen molar-refractivity contribution < 1.29 is 0 Å². The highest BCUT2D eigenvalue weighted by Gasteiger charge is 2.52. The van der Waals surface area contributed by atoms with Crippen molar-refractivity contribution in [2.45, 2.75) is 12.3 Å². The maximum Gasteiger partial charge on any atom is 0.0727 e. The second kappa shape index (κ2) is 13.4. The Morgan fingerprint density at radius 1 is 0.300 bits per heavy atom. The molecule has 0 unspecified atom stereocenters. The molecule has 0 heterocycles. The first kappa shape index (κ1) is 34.4. The molecule has 1 spiro atoms. The Bertz CT molecular complexity index is 3250. The Labute approximate surface area is 350 Å². The molecule has 282 valence electrons. The lowest BCUT2D eigenvalue weighted by atomic mass is 9.70. The van der Waals surface area contributed by atoms with E-state index in [2.05, 4.69) is 241 Å². The van der Waals surface area contributed by atoms with Crippen molar-refractivity contribution in [3.63, 3.8) is 0 Å². The van der Waals surface area contributed by atoms with Crippen LogP contribution in [0.4, 0.5) is 34.1 Å². The normalized spacial score (nSPS) is 12.9. The van der Waals surface area contributed by atoms with Gasteiger partial charge < -0.3 is 9.80 Å². The lowest BCUT2D eigenvalue weighted by molar-refractivity contribution is 0.793. The molecule has 0 atom stereocenters. The van der Waals surface area contributed by atoms with Crippen LogP contribution in [0.15, 0.2) is 224 Å². The molecule has 0 saturated heterocycles. The van der Waals surface area contributed by atoms with E-state index in [1.165, 1.54) is 71.6 Å². The fourth-order valence-electron chi connectivity index (χ4n) is 10.4. The number of hydrogen-bond donors (Lipinski definition) is 0. The quantitative estimate of drug-likeness (QED) is 0.166. The third-order valence-corrected chi connectivity index (χ3v) is 12.9. The maximum absolute atomic E-state index is 2.50. The SMILES string of the molecule is Cc1cccc(N(c2ccc3c(c2)C2(c4ccccc4-c4ccccc42)c2cc(N(c4ccccc4)c4cccc5ccccc45)ccc2-3)c2cccc3ccccc23)c1. The van der Waals surface area contributed by atoms with Crippen LogP contribution in [0.25, 0.3) is 43.8 Å². The first-order valence-corrected chi connectivity index (χ1v) is 20.8. The number of hydrogen-bond acceptors (Lipinski definition) is 2. The summed E-state index contributed by atoms with van der Waals surface area (Å²) in [6, 6.07) is 83.1. The van der Waals surface area contributed by atoms with E-state index in [1.807, 2.05) is 0 Å². The smallest absolute Gasteiger partial charge is 0.0727 e. The van der Waals surface area contributed by atoms with Gasteiger partial charge in [-0.3, -0.25) is 0 Å². The van der Waals surface area contributed by atoms with Gasteiger partial charge in [0.15, 0.2) is 0 Å². The van der Waals surface area contributed by atoms with Crippen molar-refractivity contribution in [2.24, 2.45) is 0 Å². The molecule has 0 aromatic heterocycles. The van der Waals surface area contributed by atoms with Crippen molar-refractivity contribution in [3.05, 3.63) is 252 Å². The third kappa shape index (κ3) is 5.01. The van der Waals surface area contributed by atoms with Gasteiger partial charge in [-0.15, -0.1) is 0 Å². The second-order valence-corrected chi connectivity index (χ2v) is 16.1. The van der Waals surface area contributed by atoms with Gasteiger partial charge in [-0.2, -0.15) is 0 Å². The molecule has 0 saturated carbocycles. The van der Waals surface area contributed by atoms with Crippen molar-refractivity contribution in [3.8, 4) is 22.3 Å². The average Bonchev–Trinajstić information content (AvgIpc) is 3.77. The monoisotopic (exact) mass is 764 g/mol. The van der Waals surface area contributed by atoms with Crippen LogP contribution in [0.2, 0.25) is 0 Å². The Balaban J connectivity index is 1.15. The molecule has 2 aliphatic rings. The van der Waals surface area contributed by atoms with Crippen molar-refractivity contribution in [1.82, 2.24) is 0 Å². The van der Waals surface area contributed by atoms with Crippen LogP contribution in [0.3, 0.4) is 0 Å². The predicted octanol–water partition coefficient (Wildman–Crippen LogP) is 15.6. The molecule has 10 aromatic rings. The highest BCUT2D eigenvalue weighted by Crippen LogP contribution is 2.64. The molecule has 60 heavy (non-hydrogen) atoms. The van der Waals surface area contributed by atoms with E-state index >= 15 is 0 Å². The van der Waals surface area contributed by atoms with E-state index in [-0.39, 0.29) is 0 Å². The summed E-state index contributed by atoms with van der Waals surface area (Å²) in [5, 5.41) is 4.87. The Kier molecular flexibility index (Phi) is 7.70. The zero-order valence-electron chi connectivity index (χ0n) is 33.3. The zero-order valence-corrected chi connectivity index (χ0v) is 33.3. The summed E-state index contributed by atoms with van der Waals surface area (Å²) in [6.45, 7) is 2.18. The minimum absolute atomic E-state index is 0.554. The van der Waals surface area contributed by atoms with Crippen LogP contribution >= 0.6 is 0 Å². The van der Waals surface area contributed by atoms with Gasteiger partial charge in [0.25, 0.3) is 0 Å². The van der Waals surface area contributed by atoms with Crippen LogP contribution in [0.5, 0.6) is 0 Å². The number of para-hydroxylation sites is 1. The summed E-state index contributed by atoms with van der Waals surface area (Å²) in [7, 11) is 0. The summed E-state index contributed by atoms with van der Waals surface area (Å²) in [5.41, 5.74) is 17.9. The summed E-state index contributed by atoms with van der Waals surface area (Å²) < 4.78 is 0. The summed E-state index contributed by atoms with van der Waals surface area (Å²) in [5.74, 6) is 0. The van der Waals surface area contributed by atoms with Crippen LogP contribution in [0.1, 0.15) is 27.8 Å². The van der Waals surface area contributed by atoms with E-state index < -0.39 is 5.41 Å². The van der Waals surface area contributed by atoms with Gasteiger partial charge in [0, 0.05) is 33.5 Å². The average molecular weight is 765 g/mol. The Hall–Kier alpha value is -7.68. The summed E-state index contributed by atoms with van der Waals surface area (Å²) in [6.07, 6.45) is 0. The molecule has 0 N–H and O–H groups in total. The van der Waals surface area contributed by atoms with Crippen LogP contribution in [-0.2, 0) is 5.41 Å². The number of benzene rings is 10. The topological polar surface area (TPSA) is 6.48 Å². The van der Waals surface area contributed by atoms with E-state index in [0.717, 1.165) is 34.1 Å². The molecule has 2 aliphatic carbocycles. The van der Waals surface area contributed by atoms with E-state index in [1.54, 1.807) is 0 Å². The maximum atomic E-state index is 2.50. The number of rotatable bonds is 6. The third-order valence-electron chi connectivity index (χ3n) is 12.9. The van der Waals surface area contributed by atoms with Gasteiger partial charge in [0.1, 0.15) is 0 Å². The molecule has 2 nitrogen and oxygen atoms in total. The minimum Gasteiger partial charge on any atom is -0.310 e. The van der Waals surface area contributed by atoms with Gasteiger partial charge in [0.2, 0.25) is 0 Å². The predicted molar refractivity (Wildman–Crippen MR) is 252 cm³/mol. The fraction of sp³-hybridized carbons (Fsp3) is 0.0345. The minimum atomic E-state index is -0.554. The number of aryl methyl sites for hydroxylation is 1. The molecular formula is C58H40N2. The first-order chi connectivity index (χ1) is 29.7. The lowest BCUT2D eigenvalue weighted by Gasteiger charge is -2.33. The molecule has 0 bridgehead atoms. The molecule has 0 radical (unpaired) electrons. The van der Waals surface area contributed by atoms with Crippen molar-refractivity contribution >= 4 is 55.7 Å². The molecule has 0 fully saturated rings. The zero-order chi connectivity index (χ0) is 39.8. The van der Waals surface area contributed by atoms with Crippen molar-refractivity contribution in [2.75, 3.05) is 9.80 Å². The highest BCUT2D eigenvalue weighted by atomic mass is 15.1. The number of nitrogens with zero attached hydrogens (tertiary/aromatic N) is 2. The Morgan fingerprint density at radius 2 is 0.717 bits per heavy atom. The van der Waals surface area contributed by atoms with E-state index in [4.69, 9.17) is 0 Å². The number of anilines is 6. The highest BCUT2D eigenvalue weighted by molar-refractivity contribution is 6.03. The fourth-order valence-corrected chi connectivity index (χ4v) is 10.4. The van der Waals surface area contributed by atoms with Crippen LogP contribution in [-0.4, -0.2) is 0 Å². The molecule has 12 rings (SSSR count). The van der Waals surface area contributed by atoms with Gasteiger partial charge in [0.05, 0.1) is 16.8 Å². The van der Waals surface area contributed by atoms with E-state index in [9.17, 15) is 0 Å².